The van der Waals surface area contributed by atoms with Gasteiger partial charge in [0.25, 0.3) is 0 Å². The predicted molar refractivity (Wildman–Crippen MR) is 122 cm³/mol. The number of likely N-dealkylation sites (tertiary alicyclic amines) is 1. The van der Waals surface area contributed by atoms with Gasteiger partial charge in [0.2, 0.25) is 5.91 Å². The Bertz CT molecular complexity index is 521. The number of aliphatic imine (C=N–C) groups is 1. The van der Waals surface area contributed by atoms with Crippen molar-refractivity contribution in [3.8, 4) is 0 Å². The molecule has 2 unspecified atom stereocenters. The molecule has 0 spiro atoms. The normalized spacial score (nSPS) is 26.1. The highest BCUT2D eigenvalue weighted by atomic mass is 127. The van der Waals surface area contributed by atoms with Crippen LogP contribution in [0.2, 0.25) is 0 Å². The molecule has 3 heterocycles. The fraction of sp³-hybridized carbons (Fsp3) is 0.895. The maximum absolute atomic E-state index is 12.6. The third-order valence-corrected chi connectivity index (χ3v) is 5.98. The van der Waals surface area contributed by atoms with Crippen LogP contribution in [0.5, 0.6) is 0 Å². The summed E-state index contributed by atoms with van der Waals surface area (Å²) in [5.41, 5.74) is 0. The van der Waals surface area contributed by atoms with Crippen LogP contribution in [0.4, 0.5) is 0 Å². The number of rotatable bonds is 4. The SMILES string of the molecule is CN=C(NCC1CN(C)CCO1)N1CCN(C(C)C(=O)N2CCCC2)CC1.I. The van der Waals surface area contributed by atoms with Gasteiger partial charge in [0.15, 0.2) is 5.96 Å². The summed E-state index contributed by atoms with van der Waals surface area (Å²) in [6.07, 6.45) is 2.50. The monoisotopic (exact) mass is 508 g/mol. The van der Waals surface area contributed by atoms with Crippen molar-refractivity contribution in [2.45, 2.75) is 31.9 Å². The summed E-state index contributed by atoms with van der Waals surface area (Å²) >= 11 is 0. The zero-order valence-corrected chi connectivity index (χ0v) is 19.9. The minimum atomic E-state index is -0.0219. The highest BCUT2D eigenvalue weighted by Gasteiger charge is 2.30. The Balaban J connectivity index is 0.00000280. The Morgan fingerprint density at radius 3 is 2.39 bits per heavy atom. The fourth-order valence-corrected chi connectivity index (χ4v) is 4.21. The van der Waals surface area contributed by atoms with E-state index in [0.29, 0.717) is 5.91 Å². The Labute approximate surface area is 186 Å². The molecule has 162 valence electrons. The standard InChI is InChI=1S/C19H36N6O2.HI/c1-16(18(26)24-6-4-5-7-24)23-8-10-25(11-9-23)19(20-2)21-14-17-15-22(3)12-13-27-17;/h16-17H,4-15H2,1-3H3,(H,20,21);1H. The van der Waals surface area contributed by atoms with Crippen LogP contribution in [0.25, 0.3) is 0 Å². The third kappa shape index (κ3) is 6.17. The number of nitrogens with zero attached hydrogens (tertiary/aromatic N) is 5. The lowest BCUT2D eigenvalue weighted by Crippen LogP contribution is -2.58. The Kier molecular flexibility index (Phi) is 9.72. The Morgan fingerprint density at radius 1 is 1.11 bits per heavy atom. The molecule has 0 radical (unpaired) electrons. The topological polar surface area (TPSA) is 63.7 Å². The van der Waals surface area contributed by atoms with Gasteiger partial charge >= 0.3 is 0 Å². The van der Waals surface area contributed by atoms with E-state index in [-0.39, 0.29) is 36.1 Å². The van der Waals surface area contributed by atoms with E-state index in [1.165, 1.54) is 0 Å². The number of piperazine rings is 1. The first-order valence-electron chi connectivity index (χ1n) is 10.4. The van der Waals surface area contributed by atoms with E-state index in [2.05, 4.69) is 39.0 Å². The number of nitrogens with one attached hydrogen (secondary N) is 1. The van der Waals surface area contributed by atoms with E-state index < -0.39 is 0 Å². The molecule has 1 amide bonds. The molecule has 8 nitrogen and oxygen atoms in total. The average molecular weight is 508 g/mol. The molecule has 0 aromatic rings. The van der Waals surface area contributed by atoms with Crippen LogP contribution >= 0.6 is 24.0 Å². The van der Waals surface area contributed by atoms with Crippen LogP contribution < -0.4 is 5.32 Å². The zero-order valence-electron chi connectivity index (χ0n) is 17.6. The molecule has 3 rings (SSSR count). The second-order valence-corrected chi connectivity index (χ2v) is 7.91. The van der Waals surface area contributed by atoms with Gasteiger partial charge in [0.1, 0.15) is 0 Å². The van der Waals surface area contributed by atoms with Crippen LogP contribution in [0.1, 0.15) is 19.8 Å². The Hall–Kier alpha value is -0.650. The second kappa shape index (κ2) is 11.5. The lowest BCUT2D eigenvalue weighted by atomic mass is 10.2. The maximum atomic E-state index is 12.6. The van der Waals surface area contributed by atoms with Crippen LogP contribution in [0.15, 0.2) is 4.99 Å². The zero-order chi connectivity index (χ0) is 19.2. The van der Waals surface area contributed by atoms with Gasteiger partial charge in [-0.15, -0.1) is 24.0 Å². The summed E-state index contributed by atoms with van der Waals surface area (Å²) in [6, 6.07) is -0.0219. The lowest BCUT2D eigenvalue weighted by molar-refractivity contribution is -0.135. The van der Waals surface area contributed by atoms with Crippen molar-refractivity contribution in [2.24, 2.45) is 4.99 Å². The molecule has 0 aromatic heterocycles. The van der Waals surface area contributed by atoms with Crippen molar-refractivity contribution in [1.29, 1.82) is 0 Å². The molecular formula is C19H37IN6O2. The summed E-state index contributed by atoms with van der Waals surface area (Å²) in [5.74, 6) is 1.23. The van der Waals surface area contributed by atoms with Crippen molar-refractivity contribution in [3.63, 3.8) is 0 Å². The number of amides is 1. The van der Waals surface area contributed by atoms with E-state index >= 15 is 0 Å². The molecule has 0 aromatic carbocycles. The molecule has 3 saturated heterocycles. The molecule has 3 fully saturated rings. The minimum absolute atomic E-state index is 0. The third-order valence-electron chi connectivity index (χ3n) is 5.98. The molecular weight excluding hydrogens is 471 g/mol. The van der Waals surface area contributed by atoms with E-state index in [1.54, 1.807) is 0 Å². The second-order valence-electron chi connectivity index (χ2n) is 7.91. The number of hydrogen-bond acceptors (Lipinski definition) is 5. The van der Waals surface area contributed by atoms with E-state index in [4.69, 9.17) is 4.74 Å². The van der Waals surface area contributed by atoms with Crippen LogP contribution in [0.3, 0.4) is 0 Å². The van der Waals surface area contributed by atoms with Gasteiger partial charge in [-0.2, -0.15) is 0 Å². The Morgan fingerprint density at radius 2 is 1.79 bits per heavy atom. The number of morpholine rings is 1. The summed E-state index contributed by atoms with van der Waals surface area (Å²) < 4.78 is 5.83. The summed E-state index contributed by atoms with van der Waals surface area (Å²) in [7, 11) is 3.97. The van der Waals surface area contributed by atoms with Gasteiger partial charge in [0.05, 0.1) is 18.8 Å². The highest BCUT2D eigenvalue weighted by Crippen LogP contribution is 2.14. The van der Waals surface area contributed by atoms with Crippen molar-refractivity contribution >= 4 is 35.8 Å². The molecule has 2 atom stereocenters. The number of carbonyl (C=O) groups is 1. The van der Waals surface area contributed by atoms with Crippen LogP contribution in [0, 0.1) is 0 Å². The molecule has 28 heavy (non-hydrogen) atoms. The first-order valence-corrected chi connectivity index (χ1v) is 10.4. The van der Waals surface area contributed by atoms with E-state index in [1.807, 2.05) is 11.9 Å². The quantitative estimate of drug-likeness (QED) is 0.331. The van der Waals surface area contributed by atoms with Gasteiger partial charge in [-0.25, -0.2) is 0 Å². The van der Waals surface area contributed by atoms with Crippen molar-refractivity contribution in [2.75, 3.05) is 79.6 Å². The molecule has 3 aliphatic heterocycles. The number of guanidine groups is 1. The summed E-state index contributed by atoms with van der Waals surface area (Å²) in [6.45, 7) is 11.0. The van der Waals surface area contributed by atoms with Crippen LogP contribution in [-0.4, -0.2) is 123 Å². The van der Waals surface area contributed by atoms with Gasteiger partial charge in [-0.3, -0.25) is 14.7 Å². The number of halogens is 1. The van der Waals surface area contributed by atoms with Crippen LogP contribution in [-0.2, 0) is 9.53 Å². The summed E-state index contributed by atoms with van der Waals surface area (Å²) in [4.78, 5) is 26.0. The first-order chi connectivity index (χ1) is 13.1. The molecule has 0 aliphatic carbocycles. The van der Waals surface area contributed by atoms with Gasteiger partial charge in [-0.1, -0.05) is 0 Å². The number of likely N-dealkylation sites (N-methyl/N-ethyl adjacent to an activating group) is 1. The van der Waals surface area contributed by atoms with Gasteiger partial charge in [0, 0.05) is 66.0 Å². The molecule has 0 bridgehead atoms. The minimum Gasteiger partial charge on any atom is -0.374 e. The van der Waals surface area contributed by atoms with E-state index in [9.17, 15) is 4.79 Å². The molecule has 3 aliphatic rings. The smallest absolute Gasteiger partial charge is 0.239 e. The first kappa shape index (κ1) is 23.6. The molecule has 9 heteroatoms. The fourth-order valence-electron chi connectivity index (χ4n) is 4.21. The average Bonchev–Trinajstić information content (AvgIpc) is 3.23. The predicted octanol–water partition coefficient (Wildman–Crippen LogP) is 0.139. The van der Waals surface area contributed by atoms with Gasteiger partial charge in [-0.05, 0) is 26.8 Å². The summed E-state index contributed by atoms with van der Waals surface area (Å²) in [5, 5.41) is 3.47. The van der Waals surface area contributed by atoms with Crippen molar-refractivity contribution in [1.82, 2.24) is 24.9 Å². The molecule has 0 saturated carbocycles. The maximum Gasteiger partial charge on any atom is 0.239 e. The van der Waals surface area contributed by atoms with Gasteiger partial charge < -0.3 is 24.8 Å². The lowest BCUT2D eigenvalue weighted by Gasteiger charge is -2.40. The van der Waals surface area contributed by atoms with Crippen molar-refractivity contribution in [3.05, 3.63) is 0 Å². The number of carbonyl (C=O) groups excluding carboxylic acids is 1. The molecule has 1 N–H and O–H groups in total. The number of hydrogen-bond donors (Lipinski definition) is 1. The highest BCUT2D eigenvalue weighted by molar-refractivity contribution is 14.0. The van der Waals surface area contributed by atoms with Crippen molar-refractivity contribution < 1.29 is 9.53 Å². The number of ether oxygens (including phenoxy) is 1. The largest absolute Gasteiger partial charge is 0.374 e. The van der Waals surface area contributed by atoms with E-state index in [0.717, 1.165) is 84.3 Å².